The normalized spacial score (nSPS) is 10.9. The van der Waals surface area contributed by atoms with E-state index in [1.54, 1.807) is 6.92 Å². The molecule has 0 amide bonds. The molecule has 0 aliphatic rings. The lowest BCUT2D eigenvalue weighted by atomic mass is 10.2. The number of rotatable bonds is 7. The van der Waals surface area contributed by atoms with Crippen molar-refractivity contribution >= 4 is 16.9 Å². The van der Waals surface area contributed by atoms with E-state index in [4.69, 9.17) is 4.52 Å². The van der Waals surface area contributed by atoms with Gasteiger partial charge in [-0.25, -0.2) is 9.48 Å². The zero-order valence-corrected chi connectivity index (χ0v) is 11.8. The first-order valence-electron chi connectivity index (χ1n) is 6.77. The predicted molar refractivity (Wildman–Crippen MR) is 76.4 cm³/mol. The molecule has 2 aromatic rings. The van der Waals surface area contributed by atoms with E-state index in [-0.39, 0.29) is 22.4 Å². The van der Waals surface area contributed by atoms with E-state index in [9.17, 15) is 14.7 Å². The molecule has 2 heterocycles. The Labute approximate surface area is 120 Å². The van der Waals surface area contributed by atoms with Gasteiger partial charge in [-0.1, -0.05) is 17.7 Å². The first-order chi connectivity index (χ1) is 10.1. The van der Waals surface area contributed by atoms with Crippen molar-refractivity contribution in [2.75, 3.05) is 0 Å². The van der Waals surface area contributed by atoms with Gasteiger partial charge in [0.2, 0.25) is 0 Å². The van der Waals surface area contributed by atoms with E-state index in [1.807, 2.05) is 6.08 Å². The Morgan fingerprint density at radius 3 is 2.86 bits per heavy atom. The maximum Gasteiger partial charge on any atom is 0.357 e. The Morgan fingerprint density at radius 1 is 1.43 bits per heavy atom. The summed E-state index contributed by atoms with van der Waals surface area (Å²) in [6.07, 6.45) is 5.40. The summed E-state index contributed by atoms with van der Waals surface area (Å²) in [6.45, 7) is 5.56. The number of hydrogen-bond donors (Lipinski definition) is 1. The molecule has 0 saturated heterocycles. The molecular weight excluding hydrogens is 274 g/mol. The molecular formula is C14H17N3O4. The minimum Gasteiger partial charge on any atom is -0.476 e. The number of hydrogen-bond acceptors (Lipinski definition) is 5. The number of carboxylic acid groups (broad SMARTS) is 1. The third kappa shape index (κ3) is 3.01. The Kier molecular flexibility index (Phi) is 4.52. The summed E-state index contributed by atoms with van der Waals surface area (Å²) in [5, 5.41) is 17.0. The van der Waals surface area contributed by atoms with E-state index < -0.39 is 11.5 Å². The lowest BCUT2D eigenvalue weighted by Crippen LogP contribution is -2.26. The minimum atomic E-state index is -1.20. The summed E-state index contributed by atoms with van der Waals surface area (Å²) in [4.78, 5) is 23.5. The zero-order valence-electron chi connectivity index (χ0n) is 11.8. The van der Waals surface area contributed by atoms with Crippen molar-refractivity contribution in [2.24, 2.45) is 0 Å². The average molecular weight is 291 g/mol. The molecule has 0 bridgehead atoms. The van der Waals surface area contributed by atoms with Crippen LogP contribution in [0.25, 0.3) is 10.9 Å². The first kappa shape index (κ1) is 15.0. The highest BCUT2D eigenvalue weighted by Gasteiger charge is 2.21. The molecule has 0 spiro atoms. The monoisotopic (exact) mass is 291 g/mol. The molecule has 112 valence electrons. The van der Waals surface area contributed by atoms with E-state index in [2.05, 4.69) is 16.8 Å². The van der Waals surface area contributed by atoms with Crippen LogP contribution in [0.15, 0.2) is 22.0 Å². The summed E-state index contributed by atoms with van der Waals surface area (Å²) in [7, 11) is 0. The Morgan fingerprint density at radius 2 is 2.19 bits per heavy atom. The summed E-state index contributed by atoms with van der Waals surface area (Å²) in [5.41, 5.74) is -0.601. The molecule has 0 saturated carbocycles. The molecule has 0 fully saturated rings. The quantitative estimate of drug-likeness (QED) is 0.620. The number of fused-ring (bicyclic) bond motifs is 1. The number of unbranched alkanes of at least 4 members (excludes halogenated alkanes) is 3. The van der Waals surface area contributed by atoms with Gasteiger partial charge in [0.15, 0.2) is 11.2 Å². The third-order valence-corrected chi connectivity index (χ3v) is 3.24. The molecule has 7 nitrogen and oxygen atoms in total. The van der Waals surface area contributed by atoms with Crippen molar-refractivity contribution < 1.29 is 14.4 Å². The minimum absolute atomic E-state index is 0.0194. The number of aromatic carboxylic acids is 1. The van der Waals surface area contributed by atoms with Crippen LogP contribution < -0.4 is 5.56 Å². The zero-order chi connectivity index (χ0) is 15.4. The average Bonchev–Trinajstić information content (AvgIpc) is 2.83. The van der Waals surface area contributed by atoms with E-state index >= 15 is 0 Å². The van der Waals surface area contributed by atoms with Gasteiger partial charge < -0.3 is 9.63 Å². The van der Waals surface area contributed by atoms with Crippen LogP contribution in [0.5, 0.6) is 0 Å². The van der Waals surface area contributed by atoms with Crippen LogP contribution in [0.3, 0.4) is 0 Å². The van der Waals surface area contributed by atoms with Crippen LogP contribution >= 0.6 is 0 Å². The fourth-order valence-corrected chi connectivity index (χ4v) is 2.16. The lowest BCUT2D eigenvalue weighted by molar-refractivity contribution is 0.0689. The van der Waals surface area contributed by atoms with Gasteiger partial charge in [-0.2, -0.15) is 5.10 Å². The number of aryl methyl sites for hydroxylation is 2. The highest BCUT2D eigenvalue weighted by atomic mass is 16.5. The molecule has 0 radical (unpaired) electrons. The number of carboxylic acids is 1. The van der Waals surface area contributed by atoms with E-state index in [0.29, 0.717) is 6.54 Å². The molecule has 1 N–H and O–H groups in total. The number of carbonyl (C=O) groups is 1. The highest BCUT2D eigenvalue weighted by molar-refractivity contribution is 6.00. The topological polar surface area (TPSA) is 98.2 Å². The maximum atomic E-state index is 12.2. The van der Waals surface area contributed by atoms with Gasteiger partial charge in [0.05, 0.1) is 5.39 Å². The van der Waals surface area contributed by atoms with Crippen molar-refractivity contribution in [1.29, 1.82) is 0 Å². The number of nitrogens with zero attached hydrogens (tertiary/aromatic N) is 3. The van der Waals surface area contributed by atoms with Crippen LogP contribution in [0.4, 0.5) is 0 Å². The Hall–Kier alpha value is -2.44. The summed E-state index contributed by atoms with van der Waals surface area (Å²) >= 11 is 0. The molecule has 0 aliphatic carbocycles. The third-order valence-electron chi connectivity index (χ3n) is 3.24. The van der Waals surface area contributed by atoms with Gasteiger partial charge in [-0.05, 0) is 26.2 Å². The van der Waals surface area contributed by atoms with Crippen LogP contribution in [-0.2, 0) is 6.54 Å². The predicted octanol–water partition coefficient (Wildman–Crippen LogP) is 2.14. The van der Waals surface area contributed by atoms with Gasteiger partial charge >= 0.3 is 5.97 Å². The second-order valence-electron chi connectivity index (χ2n) is 4.78. The lowest BCUT2D eigenvalue weighted by Gasteiger charge is -2.05. The highest BCUT2D eigenvalue weighted by Crippen LogP contribution is 2.17. The van der Waals surface area contributed by atoms with Crippen molar-refractivity contribution in [3.05, 3.63) is 34.5 Å². The fourth-order valence-electron chi connectivity index (χ4n) is 2.16. The molecule has 0 unspecified atom stereocenters. The van der Waals surface area contributed by atoms with Gasteiger partial charge in [-0.15, -0.1) is 6.58 Å². The summed E-state index contributed by atoms with van der Waals surface area (Å²) < 4.78 is 6.08. The molecule has 7 heteroatoms. The molecule has 2 rings (SSSR count). The Bertz CT molecular complexity index is 730. The second-order valence-corrected chi connectivity index (χ2v) is 4.78. The van der Waals surface area contributed by atoms with Crippen molar-refractivity contribution in [3.63, 3.8) is 0 Å². The van der Waals surface area contributed by atoms with Crippen LogP contribution in [-0.4, -0.2) is 26.0 Å². The second kappa shape index (κ2) is 6.34. The van der Waals surface area contributed by atoms with Crippen LogP contribution in [0.1, 0.15) is 41.9 Å². The number of allylic oxidation sites excluding steroid dienone is 1. The maximum absolute atomic E-state index is 12.2. The smallest absolute Gasteiger partial charge is 0.357 e. The van der Waals surface area contributed by atoms with Gasteiger partial charge in [0, 0.05) is 6.54 Å². The SMILES string of the molecule is C=CCCCCCn1nc(C(=O)O)c2c(C)onc2c1=O. The van der Waals surface area contributed by atoms with Gasteiger partial charge in [0.1, 0.15) is 5.76 Å². The largest absolute Gasteiger partial charge is 0.476 e. The van der Waals surface area contributed by atoms with Gasteiger partial charge in [0.25, 0.3) is 5.56 Å². The van der Waals surface area contributed by atoms with Crippen molar-refractivity contribution in [1.82, 2.24) is 14.9 Å². The van der Waals surface area contributed by atoms with E-state index in [1.165, 1.54) is 0 Å². The van der Waals surface area contributed by atoms with Crippen LogP contribution in [0, 0.1) is 6.92 Å². The molecule has 2 aromatic heterocycles. The van der Waals surface area contributed by atoms with Crippen molar-refractivity contribution in [3.8, 4) is 0 Å². The van der Waals surface area contributed by atoms with Crippen LogP contribution in [0.2, 0.25) is 0 Å². The Balaban J connectivity index is 2.32. The molecule has 0 atom stereocenters. The summed E-state index contributed by atoms with van der Waals surface area (Å²) in [5.74, 6) is -0.920. The first-order valence-corrected chi connectivity index (χ1v) is 6.77. The molecule has 21 heavy (non-hydrogen) atoms. The molecule has 0 aromatic carbocycles. The van der Waals surface area contributed by atoms with E-state index in [0.717, 1.165) is 30.4 Å². The van der Waals surface area contributed by atoms with Crippen molar-refractivity contribution in [2.45, 2.75) is 39.2 Å². The number of aromatic nitrogens is 3. The fraction of sp³-hybridized carbons (Fsp3) is 0.429. The summed E-state index contributed by atoms with van der Waals surface area (Å²) in [6, 6.07) is 0. The standard InChI is InChI=1S/C14H17N3O4/c1-3-4-5-6-7-8-17-13(18)11-10(9(2)21-16-11)12(15-17)14(19)20/h3H,1,4-8H2,2H3,(H,19,20). The van der Waals surface area contributed by atoms with Gasteiger partial charge in [-0.3, -0.25) is 4.79 Å². The molecule has 0 aliphatic heterocycles.